The van der Waals surface area contributed by atoms with Gasteiger partial charge in [-0.2, -0.15) is 0 Å². The molecule has 0 bridgehead atoms. The lowest BCUT2D eigenvalue weighted by molar-refractivity contribution is -0.126. The number of rotatable bonds is 4. The Morgan fingerprint density at radius 2 is 2.10 bits per heavy atom. The fourth-order valence-corrected chi connectivity index (χ4v) is 3.47. The van der Waals surface area contributed by atoms with Gasteiger partial charge in [0.15, 0.2) is 0 Å². The van der Waals surface area contributed by atoms with Crippen LogP contribution in [0.15, 0.2) is 24.3 Å². The number of amides is 1. The third kappa shape index (κ3) is 2.47. The Balaban J connectivity index is 1.77. The van der Waals surface area contributed by atoms with Crippen LogP contribution in [0.2, 0.25) is 0 Å². The molecule has 0 radical (unpaired) electrons. The predicted molar refractivity (Wildman–Crippen MR) is 80.7 cm³/mol. The first-order valence-electron chi connectivity index (χ1n) is 7.77. The van der Waals surface area contributed by atoms with Gasteiger partial charge in [-0.15, -0.1) is 0 Å². The molecule has 3 nitrogen and oxygen atoms in total. The topological polar surface area (TPSA) is 41.1 Å². The largest absolute Gasteiger partial charge is 0.355 e. The molecule has 1 aromatic rings. The third-order valence-corrected chi connectivity index (χ3v) is 4.88. The normalized spacial score (nSPS) is 21.4. The molecule has 2 fully saturated rings. The molecular formula is C17H24N2O. The van der Waals surface area contributed by atoms with E-state index in [1.54, 1.807) is 0 Å². The molecule has 0 spiro atoms. The van der Waals surface area contributed by atoms with E-state index in [9.17, 15) is 4.79 Å². The molecule has 3 rings (SSSR count). The summed E-state index contributed by atoms with van der Waals surface area (Å²) < 4.78 is 0. The Morgan fingerprint density at radius 3 is 2.70 bits per heavy atom. The van der Waals surface area contributed by atoms with Crippen LogP contribution in [-0.4, -0.2) is 25.5 Å². The van der Waals surface area contributed by atoms with Gasteiger partial charge in [-0.3, -0.25) is 4.79 Å². The van der Waals surface area contributed by atoms with E-state index >= 15 is 0 Å². The smallest absolute Gasteiger partial charge is 0.230 e. The number of carbonyl (C=O) groups excluding carboxylic acids is 1. The first-order chi connectivity index (χ1) is 9.71. The summed E-state index contributed by atoms with van der Waals surface area (Å²) in [6, 6.07) is 8.50. The van der Waals surface area contributed by atoms with Crippen molar-refractivity contribution in [2.75, 3.05) is 19.6 Å². The summed E-state index contributed by atoms with van der Waals surface area (Å²) >= 11 is 0. The van der Waals surface area contributed by atoms with E-state index < -0.39 is 0 Å². The number of hydrogen-bond donors (Lipinski definition) is 2. The molecular weight excluding hydrogens is 248 g/mol. The van der Waals surface area contributed by atoms with Gasteiger partial charge in [-0.1, -0.05) is 42.7 Å². The van der Waals surface area contributed by atoms with E-state index in [0.717, 1.165) is 45.3 Å². The standard InChI is InChI=1S/C17H24N2O/c1-13-5-4-6-15(9-13)17(7-2-3-8-17)16(20)19-12-14-10-18-11-14/h4-6,9,14,18H,2-3,7-8,10-12H2,1H3,(H,19,20). The molecule has 1 heterocycles. The van der Waals surface area contributed by atoms with Crippen molar-refractivity contribution in [2.45, 2.75) is 38.0 Å². The molecule has 20 heavy (non-hydrogen) atoms. The highest BCUT2D eigenvalue weighted by Crippen LogP contribution is 2.41. The van der Waals surface area contributed by atoms with Crippen molar-refractivity contribution in [2.24, 2.45) is 5.92 Å². The monoisotopic (exact) mass is 272 g/mol. The molecule has 1 aliphatic heterocycles. The second-order valence-corrected chi connectivity index (χ2v) is 6.39. The summed E-state index contributed by atoms with van der Waals surface area (Å²) in [5, 5.41) is 6.46. The van der Waals surface area contributed by atoms with Gasteiger partial charge >= 0.3 is 0 Å². The average Bonchev–Trinajstić information content (AvgIpc) is 2.87. The first kappa shape index (κ1) is 13.6. The zero-order chi connectivity index (χ0) is 14.0. The quantitative estimate of drug-likeness (QED) is 0.881. The maximum absolute atomic E-state index is 12.8. The summed E-state index contributed by atoms with van der Waals surface area (Å²) in [5.41, 5.74) is 2.17. The van der Waals surface area contributed by atoms with Gasteiger partial charge in [0.25, 0.3) is 0 Å². The van der Waals surface area contributed by atoms with E-state index in [0.29, 0.717) is 5.92 Å². The Kier molecular flexibility index (Phi) is 3.79. The maximum Gasteiger partial charge on any atom is 0.230 e. The van der Waals surface area contributed by atoms with Crippen LogP contribution in [0.1, 0.15) is 36.8 Å². The molecule has 1 saturated carbocycles. The summed E-state index contributed by atoms with van der Waals surface area (Å²) in [6.07, 6.45) is 4.30. The van der Waals surface area contributed by atoms with Crippen molar-refractivity contribution in [3.8, 4) is 0 Å². The second kappa shape index (κ2) is 5.57. The summed E-state index contributed by atoms with van der Waals surface area (Å²) in [6.45, 7) is 5.00. The van der Waals surface area contributed by atoms with Crippen LogP contribution in [0.3, 0.4) is 0 Å². The molecule has 0 atom stereocenters. The number of aryl methyl sites for hydroxylation is 1. The van der Waals surface area contributed by atoms with E-state index in [1.165, 1.54) is 11.1 Å². The number of carbonyl (C=O) groups is 1. The first-order valence-corrected chi connectivity index (χ1v) is 7.77. The highest BCUT2D eigenvalue weighted by Gasteiger charge is 2.42. The van der Waals surface area contributed by atoms with Gasteiger partial charge < -0.3 is 10.6 Å². The highest BCUT2D eigenvalue weighted by atomic mass is 16.2. The van der Waals surface area contributed by atoms with Gasteiger partial charge in [0.2, 0.25) is 5.91 Å². The van der Waals surface area contributed by atoms with Crippen LogP contribution in [0.25, 0.3) is 0 Å². The minimum Gasteiger partial charge on any atom is -0.355 e. The second-order valence-electron chi connectivity index (χ2n) is 6.39. The summed E-state index contributed by atoms with van der Waals surface area (Å²) in [4.78, 5) is 12.8. The van der Waals surface area contributed by atoms with Gasteiger partial charge in [-0.25, -0.2) is 0 Å². The van der Waals surface area contributed by atoms with Crippen LogP contribution in [0.5, 0.6) is 0 Å². The van der Waals surface area contributed by atoms with Crippen LogP contribution in [-0.2, 0) is 10.2 Å². The SMILES string of the molecule is Cc1cccc(C2(C(=O)NCC3CNC3)CCCC2)c1. The summed E-state index contributed by atoms with van der Waals surface area (Å²) in [5.74, 6) is 0.863. The molecule has 0 unspecified atom stereocenters. The zero-order valence-corrected chi connectivity index (χ0v) is 12.2. The predicted octanol–water partition coefficient (Wildman–Crippen LogP) is 2.14. The van der Waals surface area contributed by atoms with Crippen LogP contribution in [0.4, 0.5) is 0 Å². The molecule has 1 amide bonds. The zero-order valence-electron chi connectivity index (χ0n) is 12.2. The molecule has 1 aromatic carbocycles. The average molecular weight is 272 g/mol. The van der Waals surface area contributed by atoms with E-state index in [-0.39, 0.29) is 11.3 Å². The van der Waals surface area contributed by atoms with Gasteiger partial charge in [0, 0.05) is 25.6 Å². The summed E-state index contributed by atoms with van der Waals surface area (Å²) in [7, 11) is 0. The Labute approximate surface area is 121 Å². The number of nitrogens with one attached hydrogen (secondary N) is 2. The van der Waals surface area contributed by atoms with Crippen molar-refractivity contribution in [3.63, 3.8) is 0 Å². The van der Waals surface area contributed by atoms with Gasteiger partial charge in [-0.05, 0) is 25.3 Å². The van der Waals surface area contributed by atoms with Crippen molar-refractivity contribution in [1.82, 2.24) is 10.6 Å². The highest BCUT2D eigenvalue weighted by molar-refractivity contribution is 5.88. The lowest BCUT2D eigenvalue weighted by atomic mass is 9.77. The number of benzene rings is 1. The van der Waals surface area contributed by atoms with E-state index in [2.05, 4.69) is 41.8 Å². The van der Waals surface area contributed by atoms with Crippen molar-refractivity contribution in [3.05, 3.63) is 35.4 Å². The molecule has 2 N–H and O–H groups in total. The minimum absolute atomic E-state index is 0.243. The minimum atomic E-state index is -0.275. The van der Waals surface area contributed by atoms with Gasteiger partial charge in [0.1, 0.15) is 0 Å². The van der Waals surface area contributed by atoms with E-state index in [1.807, 2.05) is 0 Å². The fraction of sp³-hybridized carbons (Fsp3) is 0.588. The van der Waals surface area contributed by atoms with Crippen LogP contribution in [0, 0.1) is 12.8 Å². The van der Waals surface area contributed by atoms with Crippen molar-refractivity contribution in [1.29, 1.82) is 0 Å². The molecule has 108 valence electrons. The molecule has 0 aromatic heterocycles. The van der Waals surface area contributed by atoms with Crippen molar-refractivity contribution >= 4 is 5.91 Å². The molecule has 1 aliphatic carbocycles. The molecule has 2 aliphatic rings. The third-order valence-electron chi connectivity index (χ3n) is 4.88. The lowest BCUT2D eigenvalue weighted by Gasteiger charge is -2.32. The molecule has 1 saturated heterocycles. The van der Waals surface area contributed by atoms with E-state index in [4.69, 9.17) is 0 Å². The van der Waals surface area contributed by atoms with Crippen LogP contribution >= 0.6 is 0 Å². The number of hydrogen-bond acceptors (Lipinski definition) is 2. The Bertz CT molecular complexity index is 488. The lowest BCUT2D eigenvalue weighted by Crippen LogP contribution is -2.51. The van der Waals surface area contributed by atoms with Crippen molar-refractivity contribution < 1.29 is 4.79 Å². The Morgan fingerprint density at radius 1 is 1.35 bits per heavy atom. The maximum atomic E-state index is 12.8. The Hall–Kier alpha value is -1.35. The fourth-order valence-electron chi connectivity index (χ4n) is 3.47. The molecule has 3 heteroatoms. The van der Waals surface area contributed by atoms with Crippen LogP contribution < -0.4 is 10.6 Å². The van der Waals surface area contributed by atoms with Gasteiger partial charge in [0.05, 0.1) is 5.41 Å².